The SMILES string of the molecule is C1=NC2N=Cc3[nH]cnc3C2=C1. The summed E-state index contributed by atoms with van der Waals surface area (Å²) in [6.45, 7) is 0. The van der Waals surface area contributed by atoms with Crippen molar-refractivity contribution in [3.8, 4) is 0 Å². The second kappa shape index (κ2) is 1.91. The molecule has 3 heterocycles. The Morgan fingerprint density at radius 2 is 2.33 bits per heavy atom. The molecular weight excluding hydrogens is 152 g/mol. The fourth-order valence-electron chi connectivity index (χ4n) is 1.47. The molecule has 2 aliphatic heterocycles. The Morgan fingerprint density at radius 3 is 3.33 bits per heavy atom. The molecule has 0 saturated carbocycles. The number of aromatic amines is 1. The van der Waals surface area contributed by atoms with Gasteiger partial charge in [0.25, 0.3) is 0 Å². The van der Waals surface area contributed by atoms with Crippen LogP contribution in [0.5, 0.6) is 0 Å². The lowest BCUT2D eigenvalue weighted by atomic mass is 10.1. The summed E-state index contributed by atoms with van der Waals surface area (Å²) < 4.78 is 0. The summed E-state index contributed by atoms with van der Waals surface area (Å²) in [7, 11) is 0. The topological polar surface area (TPSA) is 53.4 Å². The Hall–Kier alpha value is -1.71. The zero-order chi connectivity index (χ0) is 7.97. The van der Waals surface area contributed by atoms with Gasteiger partial charge >= 0.3 is 0 Å². The number of rotatable bonds is 0. The highest BCUT2D eigenvalue weighted by atomic mass is 15.0. The molecule has 3 rings (SSSR count). The smallest absolute Gasteiger partial charge is 0.167 e. The Labute approximate surface area is 68.8 Å². The van der Waals surface area contributed by atoms with Crippen LogP contribution in [0.25, 0.3) is 5.57 Å². The van der Waals surface area contributed by atoms with Gasteiger partial charge in [0.1, 0.15) is 0 Å². The van der Waals surface area contributed by atoms with Gasteiger partial charge in [-0.1, -0.05) is 0 Å². The normalized spacial score (nSPS) is 23.7. The number of allylic oxidation sites excluding steroid dienone is 1. The molecule has 0 fully saturated rings. The van der Waals surface area contributed by atoms with Crippen molar-refractivity contribution >= 4 is 18.0 Å². The number of aromatic nitrogens is 2. The first-order chi connectivity index (χ1) is 5.95. The Morgan fingerprint density at radius 1 is 1.33 bits per heavy atom. The Balaban J connectivity index is 2.26. The second-order valence-electron chi connectivity index (χ2n) is 2.74. The van der Waals surface area contributed by atoms with E-state index in [4.69, 9.17) is 0 Å². The van der Waals surface area contributed by atoms with Crippen LogP contribution in [0.3, 0.4) is 0 Å². The van der Waals surface area contributed by atoms with E-state index in [1.807, 2.05) is 6.08 Å². The maximum Gasteiger partial charge on any atom is 0.167 e. The maximum absolute atomic E-state index is 4.24. The first-order valence-electron chi connectivity index (χ1n) is 3.75. The summed E-state index contributed by atoms with van der Waals surface area (Å²) in [5, 5.41) is 0. The predicted molar refractivity (Wildman–Crippen MR) is 46.4 cm³/mol. The van der Waals surface area contributed by atoms with Crippen LogP contribution in [0.2, 0.25) is 0 Å². The fraction of sp³-hybridized carbons (Fsp3) is 0.125. The summed E-state index contributed by atoms with van der Waals surface area (Å²) in [6.07, 6.45) is 7.16. The molecule has 1 aromatic rings. The van der Waals surface area contributed by atoms with Gasteiger partial charge in [-0.15, -0.1) is 0 Å². The predicted octanol–water partition coefficient (Wildman–Crippen LogP) is 0.636. The van der Waals surface area contributed by atoms with Crippen LogP contribution < -0.4 is 0 Å². The Kier molecular flexibility index (Phi) is 0.935. The number of aliphatic imine (C=N–C) groups is 2. The number of H-pyrrole nitrogens is 1. The molecule has 0 bridgehead atoms. The molecule has 0 saturated heterocycles. The summed E-state index contributed by atoms with van der Waals surface area (Å²) in [6, 6.07) is 0. The molecule has 1 N–H and O–H groups in total. The van der Waals surface area contributed by atoms with Crippen molar-refractivity contribution in [3.05, 3.63) is 23.8 Å². The molecule has 0 radical (unpaired) electrons. The summed E-state index contributed by atoms with van der Waals surface area (Å²) in [4.78, 5) is 15.6. The van der Waals surface area contributed by atoms with Crippen LogP contribution >= 0.6 is 0 Å². The van der Waals surface area contributed by atoms with Crippen molar-refractivity contribution in [1.29, 1.82) is 0 Å². The number of fused-ring (bicyclic) bond motifs is 3. The van der Waals surface area contributed by atoms with Gasteiger partial charge in [0.05, 0.1) is 23.9 Å². The van der Waals surface area contributed by atoms with Gasteiger partial charge in [0.2, 0.25) is 0 Å². The first kappa shape index (κ1) is 5.88. The van der Waals surface area contributed by atoms with Gasteiger partial charge in [0.15, 0.2) is 6.17 Å². The molecule has 0 amide bonds. The Bertz CT molecular complexity index is 410. The van der Waals surface area contributed by atoms with Crippen LogP contribution in [0.4, 0.5) is 0 Å². The van der Waals surface area contributed by atoms with E-state index < -0.39 is 0 Å². The molecule has 1 aromatic heterocycles. The van der Waals surface area contributed by atoms with Gasteiger partial charge in [-0.05, 0) is 6.08 Å². The molecule has 1 unspecified atom stereocenters. The lowest BCUT2D eigenvalue weighted by molar-refractivity contribution is 0.907. The molecule has 2 aliphatic rings. The lowest BCUT2D eigenvalue weighted by Crippen LogP contribution is -2.09. The highest BCUT2D eigenvalue weighted by molar-refractivity contribution is 5.98. The van der Waals surface area contributed by atoms with Gasteiger partial charge in [0, 0.05) is 11.8 Å². The third-order valence-electron chi connectivity index (χ3n) is 2.05. The average molecular weight is 158 g/mol. The van der Waals surface area contributed by atoms with Gasteiger partial charge in [-0.2, -0.15) is 0 Å². The monoisotopic (exact) mass is 158 g/mol. The molecule has 58 valence electrons. The third kappa shape index (κ3) is 0.592. The molecule has 0 spiro atoms. The third-order valence-corrected chi connectivity index (χ3v) is 2.05. The van der Waals surface area contributed by atoms with Crippen molar-refractivity contribution in [2.45, 2.75) is 6.17 Å². The van der Waals surface area contributed by atoms with Gasteiger partial charge in [-0.3, -0.25) is 9.98 Å². The molecule has 1 atom stereocenters. The number of nitrogens with zero attached hydrogens (tertiary/aromatic N) is 3. The van der Waals surface area contributed by atoms with Crippen LogP contribution in [0.1, 0.15) is 11.4 Å². The molecule has 4 nitrogen and oxygen atoms in total. The standard InChI is InChI=1S/C8H6N4/c1-2-9-8-5(1)7-6(3-10-8)11-4-12-7/h1-4,8H,(H,11,12). The van der Waals surface area contributed by atoms with Crippen LogP contribution in [0.15, 0.2) is 22.4 Å². The maximum atomic E-state index is 4.24. The minimum absolute atomic E-state index is 0.0409. The highest BCUT2D eigenvalue weighted by Gasteiger charge is 2.23. The molecular formula is C8H6N4. The van der Waals surface area contributed by atoms with Crippen LogP contribution in [0, 0.1) is 0 Å². The fourth-order valence-corrected chi connectivity index (χ4v) is 1.47. The summed E-state index contributed by atoms with van der Waals surface area (Å²) >= 11 is 0. The van der Waals surface area contributed by atoms with Crippen LogP contribution in [-0.4, -0.2) is 28.6 Å². The number of hydrogen-bond donors (Lipinski definition) is 1. The van der Waals surface area contributed by atoms with E-state index in [9.17, 15) is 0 Å². The van der Waals surface area contributed by atoms with Crippen molar-refractivity contribution in [3.63, 3.8) is 0 Å². The number of imidazole rings is 1. The van der Waals surface area contributed by atoms with Gasteiger partial charge in [-0.25, -0.2) is 4.98 Å². The van der Waals surface area contributed by atoms with E-state index >= 15 is 0 Å². The quantitative estimate of drug-likeness (QED) is 0.591. The van der Waals surface area contributed by atoms with Crippen LogP contribution in [-0.2, 0) is 0 Å². The van der Waals surface area contributed by atoms with E-state index in [-0.39, 0.29) is 6.17 Å². The van der Waals surface area contributed by atoms with E-state index in [1.54, 1.807) is 18.8 Å². The van der Waals surface area contributed by atoms with E-state index in [0.717, 1.165) is 17.0 Å². The molecule has 0 aromatic carbocycles. The molecule has 0 aliphatic carbocycles. The number of hydrogen-bond acceptors (Lipinski definition) is 3. The minimum atomic E-state index is -0.0409. The zero-order valence-electron chi connectivity index (χ0n) is 6.23. The van der Waals surface area contributed by atoms with Crippen molar-refractivity contribution in [2.24, 2.45) is 9.98 Å². The van der Waals surface area contributed by atoms with Crippen molar-refractivity contribution < 1.29 is 0 Å². The van der Waals surface area contributed by atoms with Crippen molar-refractivity contribution in [1.82, 2.24) is 9.97 Å². The second-order valence-corrected chi connectivity index (χ2v) is 2.74. The highest BCUT2D eigenvalue weighted by Crippen LogP contribution is 2.27. The summed E-state index contributed by atoms with van der Waals surface area (Å²) in [5.41, 5.74) is 3.05. The minimum Gasteiger partial charge on any atom is -0.343 e. The summed E-state index contributed by atoms with van der Waals surface area (Å²) in [5.74, 6) is 0. The van der Waals surface area contributed by atoms with E-state index in [0.29, 0.717) is 0 Å². The molecule has 12 heavy (non-hydrogen) atoms. The zero-order valence-corrected chi connectivity index (χ0v) is 6.23. The largest absolute Gasteiger partial charge is 0.343 e. The van der Waals surface area contributed by atoms with E-state index in [1.165, 1.54) is 0 Å². The van der Waals surface area contributed by atoms with Crippen molar-refractivity contribution in [2.75, 3.05) is 0 Å². The number of nitrogens with one attached hydrogen (secondary N) is 1. The van der Waals surface area contributed by atoms with Gasteiger partial charge < -0.3 is 4.98 Å². The van der Waals surface area contributed by atoms with E-state index in [2.05, 4.69) is 20.0 Å². The molecule has 4 heteroatoms. The first-order valence-corrected chi connectivity index (χ1v) is 3.75. The lowest BCUT2D eigenvalue weighted by Gasteiger charge is -2.10. The average Bonchev–Trinajstić information content (AvgIpc) is 2.71.